The monoisotopic (exact) mass is 306 g/mol. The molecule has 21 heavy (non-hydrogen) atoms. The second-order valence-corrected chi connectivity index (χ2v) is 5.63. The van der Waals surface area contributed by atoms with Crippen LogP contribution in [-0.2, 0) is 10.0 Å². The lowest BCUT2D eigenvalue weighted by Gasteiger charge is -2.08. The molecule has 7 heteroatoms. The summed E-state index contributed by atoms with van der Waals surface area (Å²) in [5.41, 5.74) is 0.349. The zero-order valence-electron chi connectivity index (χ0n) is 10.7. The van der Waals surface area contributed by atoms with Crippen molar-refractivity contribution in [1.82, 2.24) is 4.98 Å². The summed E-state index contributed by atoms with van der Waals surface area (Å²) in [7, 11) is -3.89. The maximum atomic E-state index is 13.8. The minimum absolute atomic E-state index is 0.0203. The van der Waals surface area contributed by atoms with Crippen LogP contribution in [0.15, 0.2) is 47.6 Å². The Kier molecular flexibility index (Phi) is 4.52. The van der Waals surface area contributed by atoms with Crippen molar-refractivity contribution in [3.63, 3.8) is 0 Å². The SMILES string of the molecule is O=S(=O)(Nc1ccncc1)c1ccc(C#CCO)c(F)c1. The Bertz CT molecular complexity index is 796. The highest BCUT2D eigenvalue weighted by Crippen LogP contribution is 2.18. The summed E-state index contributed by atoms with van der Waals surface area (Å²) in [6.07, 6.45) is 2.87. The molecule has 0 aliphatic rings. The quantitative estimate of drug-likeness (QED) is 0.839. The van der Waals surface area contributed by atoms with Crippen molar-refractivity contribution < 1.29 is 17.9 Å². The van der Waals surface area contributed by atoms with Crippen LogP contribution in [0.2, 0.25) is 0 Å². The van der Waals surface area contributed by atoms with Crippen LogP contribution in [0, 0.1) is 17.7 Å². The van der Waals surface area contributed by atoms with E-state index in [4.69, 9.17) is 5.11 Å². The second-order valence-electron chi connectivity index (χ2n) is 3.94. The van der Waals surface area contributed by atoms with Gasteiger partial charge in [-0.1, -0.05) is 11.8 Å². The first kappa shape index (κ1) is 15.0. The van der Waals surface area contributed by atoms with Gasteiger partial charge in [0.05, 0.1) is 16.1 Å². The van der Waals surface area contributed by atoms with E-state index < -0.39 is 22.4 Å². The van der Waals surface area contributed by atoms with E-state index in [2.05, 4.69) is 21.5 Å². The number of hydrogen-bond donors (Lipinski definition) is 2. The Morgan fingerprint density at radius 3 is 2.57 bits per heavy atom. The molecule has 5 nitrogen and oxygen atoms in total. The van der Waals surface area contributed by atoms with Gasteiger partial charge in [0.25, 0.3) is 10.0 Å². The Morgan fingerprint density at radius 1 is 1.24 bits per heavy atom. The number of benzene rings is 1. The fourth-order valence-corrected chi connectivity index (χ4v) is 2.60. The molecule has 0 aliphatic heterocycles. The molecule has 0 fully saturated rings. The summed E-state index contributed by atoms with van der Waals surface area (Å²) in [6, 6.07) is 6.34. The van der Waals surface area contributed by atoms with Crippen molar-refractivity contribution >= 4 is 15.7 Å². The number of halogens is 1. The molecule has 0 aliphatic carbocycles. The summed E-state index contributed by atoms with van der Waals surface area (Å²) in [4.78, 5) is 3.56. The summed E-state index contributed by atoms with van der Waals surface area (Å²) >= 11 is 0. The maximum absolute atomic E-state index is 13.8. The van der Waals surface area contributed by atoms with Crippen LogP contribution in [0.4, 0.5) is 10.1 Å². The third kappa shape index (κ3) is 3.78. The van der Waals surface area contributed by atoms with Crippen molar-refractivity contribution in [3.8, 4) is 11.8 Å². The highest BCUT2D eigenvalue weighted by molar-refractivity contribution is 7.92. The lowest BCUT2D eigenvalue weighted by atomic mass is 10.2. The number of nitrogens with one attached hydrogen (secondary N) is 1. The molecule has 1 aromatic carbocycles. The highest BCUT2D eigenvalue weighted by Gasteiger charge is 2.16. The summed E-state index contributed by atoms with van der Waals surface area (Å²) in [5.74, 6) is 3.92. The number of rotatable bonds is 3. The molecule has 0 radical (unpaired) electrons. The first-order valence-corrected chi connectivity index (χ1v) is 7.33. The van der Waals surface area contributed by atoms with Crippen LogP contribution in [0.3, 0.4) is 0 Å². The summed E-state index contributed by atoms with van der Waals surface area (Å²) in [6.45, 7) is -0.400. The van der Waals surface area contributed by atoms with Crippen molar-refractivity contribution in [2.75, 3.05) is 11.3 Å². The predicted octanol–water partition coefficient (Wildman–Crippen LogP) is 1.37. The molecular weight excluding hydrogens is 295 g/mol. The highest BCUT2D eigenvalue weighted by atomic mass is 32.2. The van der Waals surface area contributed by atoms with Gasteiger partial charge in [0, 0.05) is 12.4 Å². The van der Waals surface area contributed by atoms with E-state index in [0.29, 0.717) is 5.69 Å². The topological polar surface area (TPSA) is 79.3 Å². The van der Waals surface area contributed by atoms with Gasteiger partial charge in [-0.3, -0.25) is 9.71 Å². The molecule has 2 rings (SSSR count). The van der Waals surface area contributed by atoms with E-state index in [0.717, 1.165) is 6.07 Å². The van der Waals surface area contributed by atoms with E-state index in [9.17, 15) is 12.8 Å². The third-order valence-electron chi connectivity index (χ3n) is 2.49. The first-order valence-electron chi connectivity index (χ1n) is 5.85. The average Bonchev–Trinajstić information content (AvgIpc) is 2.46. The largest absolute Gasteiger partial charge is 0.384 e. The zero-order valence-corrected chi connectivity index (χ0v) is 11.6. The molecule has 0 atom stereocenters. The van der Waals surface area contributed by atoms with Gasteiger partial charge in [-0.15, -0.1) is 0 Å². The van der Waals surface area contributed by atoms with Crippen molar-refractivity contribution in [1.29, 1.82) is 0 Å². The van der Waals surface area contributed by atoms with Crippen molar-refractivity contribution in [3.05, 3.63) is 54.1 Å². The molecule has 2 aromatic rings. The molecule has 1 heterocycles. The number of nitrogens with zero attached hydrogens (tertiary/aromatic N) is 1. The average molecular weight is 306 g/mol. The van der Waals surface area contributed by atoms with Crippen LogP contribution in [0.5, 0.6) is 0 Å². The Morgan fingerprint density at radius 2 is 1.95 bits per heavy atom. The number of sulfonamides is 1. The Hall–Kier alpha value is -2.43. The van der Waals surface area contributed by atoms with Crippen molar-refractivity contribution in [2.24, 2.45) is 0 Å². The molecule has 0 bridgehead atoms. The summed E-state index contributed by atoms with van der Waals surface area (Å²) in [5, 5.41) is 8.56. The number of aromatic nitrogens is 1. The molecule has 0 spiro atoms. The van der Waals surface area contributed by atoms with E-state index in [1.54, 1.807) is 0 Å². The maximum Gasteiger partial charge on any atom is 0.261 e. The third-order valence-corrected chi connectivity index (χ3v) is 3.86. The molecular formula is C14H11FN2O3S. The Labute approximate surface area is 121 Å². The number of aliphatic hydroxyl groups is 1. The molecule has 0 saturated carbocycles. The molecule has 0 unspecified atom stereocenters. The first-order chi connectivity index (χ1) is 10.0. The minimum Gasteiger partial charge on any atom is -0.384 e. The molecule has 0 saturated heterocycles. The van der Waals surface area contributed by atoms with E-state index in [1.165, 1.54) is 36.7 Å². The predicted molar refractivity (Wildman–Crippen MR) is 75.4 cm³/mol. The van der Waals surface area contributed by atoms with Crippen LogP contribution >= 0.6 is 0 Å². The van der Waals surface area contributed by atoms with Crippen LogP contribution < -0.4 is 4.72 Å². The molecule has 1 aromatic heterocycles. The van der Waals surface area contributed by atoms with E-state index in [1.807, 2.05) is 0 Å². The number of aliphatic hydroxyl groups excluding tert-OH is 1. The van der Waals surface area contributed by atoms with Gasteiger partial charge < -0.3 is 5.11 Å². The second kappa shape index (κ2) is 6.35. The number of pyridine rings is 1. The number of anilines is 1. The van der Waals surface area contributed by atoms with Gasteiger partial charge in [-0.25, -0.2) is 12.8 Å². The molecule has 108 valence electrons. The fourth-order valence-electron chi connectivity index (χ4n) is 1.53. The standard InChI is InChI=1S/C14H11FN2O3S/c15-14-10-13(4-3-11(14)2-1-9-18)21(19,20)17-12-5-7-16-8-6-12/h3-8,10,18H,9H2,(H,16,17). The van der Waals surface area contributed by atoms with Gasteiger partial charge in [0.2, 0.25) is 0 Å². The van der Waals surface area contributed by atoms with Gasteiger partial charge in [0.1, 0.15) is 12.4 Å². The van der Waals surface area contributed by atoms with E-state index in [-0.39, 0.29) is 10.5 Å². The minimum atomic E-state index is -3.89. The molecule has 2 N–H and O–H groups in total. The number of hydrogen-bond acceptors (Lipinski definition) is 4. The van der Waals surface area contributed by atoms with Gasteiger partial charge in [0.15, 0.2) is 0 Å². The lowest BCUT2D eigenvalue weighted by Crippen LogP contribution is -2.13. The Balaban J connectivity index is 2.31. The zero-order chi connectivity index (χ0) is 15.3. The van der Waals surface area contributed by atoms with Gasteiger partial charge in [-0.2, -0.15) is 0 Å². The van der Waals surface area contributed by atoms with Crippen LogP contribution in [-0.4, -0.2) is 25.1 Å². The molecule has 0 amide bonds. The van der Waals surface area contributed by atoms with Gasteiger partial charge >= 0.3 is 0 Å². The lowest BCUT2D eigenvalue weighted by molar-refractivity contribution is 0.350. The van der Waals surface area contributed by atoms with Crippen molar-refractivity contribution in [2.45, 2.75) is 4.90 Å². The van der Waals surface area contributed by atoms with Crippen LogP contribution in [0.1, 0.15) is 5.56 Å². The van der Waals surface area contributed by atoms with Crippen LogP contribution in [0.25, 0.3) is 0 Å². The van der Waals surface area contributed by atoms with E-state index >= 15 is 0 Å². The van der Waals surface area contributed by atoms with Gasteiger partial charge in [-0.05, 0) is 30.3 Å². The fraction of sp³-hybridized carbons (Fsp3) is 0.0714. The normalized spacial score (nSPS) is 10.6. The smallest absolute Gasteiger partial charge is 0.261 e. The summed E-state index contributed by atoms with van der Waals surface area (Å²) < 4.78 is 40.3.